The first kappa shape index (κ1) is 46.2. The maximum Gasteiger partial charge on any atom is 0.452 e. The number of phenols is 1. The number of amides is 4. The number of Topliss-reactive ketones (excluding diaryl/α,β-unsaturated/α-hetero) is 1. The standard InChI is InChI=1S/C42H57F3N4O8S/c1-22(2)32(36(52)42(43,44)45)46-38(54)34-25-11-15-27(16-12-25)49(34)39(55)33(23(3)4)47-37(53)26-13-17-28(18-14-26)58(56,57)48-31(50)21-24-19-29(40(5,6)7)35(51)30(20-24)41(8,9)10/h13-14,17-20,22-23,25,27,32-34,51H,11-12,15-16,21H2,1-10H3,(H,46,54)(H,47,53)(H,48,50)/t25?,27?,32?,33-,34-/m0/s1. The van der Waals surface area contributed by atoms with Crippen LogP contribution in [0.4, 0.5) is 13.2 Å². The number of piperidine rings is 2. The summed E-state index contributed by atoms with van der Waals surface area (Å²) in [7, 11) is -4.38. The van der Waals surface area contributed by atoms with E-state index in [0.29, 0.717) is 42.4 Å². The van der Waals surface area contributed by atoms with Crippen LogP contribution in [0, 0.1) is 17.8 Å². The van der Waals surface area contributed by atoms with E-state index >= 15 is 0 Å². The fourth-order valence-corrected chi connectivity index (χ4v) is 8.80. The fraction of sp³-hybridized carbons (Fsp3) is 0.595. The molecule has 0 spiro atoms. The molecule has 0 radical (unpaired) electrons. The van der Waals surface area contributed by atoms with Crippen molar-refractivity contribution in [2.45, 2.75) is 147 Å². The van der Waals surface area contributed by atoms with E-state index in [4.69, 9.17) is 0 Å². The van der Waals surface area contributed by atoms with Gasteiger partial charge in [-0.2, -0.15) is 13.2 Å². The van der Waals surface area contributed by atoms with Crippen LogP contribution in [0.15, 0.2) is 41.3 Å². The molecule has 2 heterocycles. The zero-order chi connectivity index (χ0) is 43.9. The van der Waals surface area contributed by atoms with Crippen molar-refractivity contribution in [3.05, 3.63) is 58.7 Å². The molecule has 3 atom stereocenters. The average molecular weight is 835 g/mol. The maximum atomic E-state index is 14.2. The summed E-state index contributed by atoms with van der Waals surface area (Å²) in [6, 6.07) is 3.56. The average Bonchev–Trinajstić information content (AvgIpc) is 3.11. The molecule has 320 valence electrons. The van der Waals surface area contributed by atoms with E-state index in [9.17, 15) is 50.7 Å². The van der Waals surface area contributed by atoms with Crippen molar-refractivity contribution in [2.24, 2.45) is 17.8 Å². The van der Waals surface area contributed by atoms with Crippen LogP contribution in [0.3, 0.4) is 0 Å². The Kier molecular flexibility index (Phi) is 13.6. The Morgan fingerprint density at radius 1 is 0.793 bits per heavy atom. The van der Waals surface area contributed by atoms with E-state index < -0.39 is 92.4 Å². The van der Waals surface area contributed by atoms with Crippen molar-refractivity contribution < 1.29 is 50.7 Å². The Morgan fingerprint density at radius 3 is 1.74 bits per heavy atom. The minimum atomic E-state index is -5.17. The van der Waals surface area contributed by atoms with Crippen LogP contribution in [-0.2, 0) is 46.5 Å². The number of halogens is 3. The Bertz CT molecular complexity index is 1980. The summed E-state index contributed by atoms with van der Waals surface area (Å²) in [6.07, 6.45) is -3.21. The number of nitrogens with one attached hydrogen (secondary N) is 3. The first-order valence-electron chi connectivity index (χ1n) is 19.6. The third-order valence-electron chi connectivity index (χ3n) is 11.0. The molecule has 2 aromatic rings. The molecule has 3 aliphatic rings. The number of hydrogen-bond donors (Lipinski definition) is 4. The minimum absolute atomic E-state index is 0.00265. The third kappa shape index (κ3) is 10.4. The number of fused-ring (bicyclic) bond motifs is 3. The highest BCUT2D eigenvalue weighted by Crippen LogP contribution is 2.42. The zero-order valence-electron chi connectivity index (χ0n) is 34.8. The predicted octanol–water partition coefficient (Wildman–Crippen LogP) is 5.83. The molecule has 4 amide bonds. The first-order chi connectivity index (χ1) is 26.5. The third-order valence-corrected chi connectivity index (χ3v) is 12.4. The molecule has 2 saturated heterocycles. The van der Waals surface area contributed by atoms with Gasteiger partial charge in [0.15, 0.2) is 0 Å². The second kappa shape index (κ2) is 17.0. The van der Waals surface area contributed by atoms with Gasteiger partial charge in [-0.05, 0) is 95.2 Å². The van der Waals surface area contributed by atoms with Crippen LogP contribution in [0.25, 0.3) is 0 Å². The monoisotopic (exact) mass is 834 g/mol. The molecule has 1 saturated carbocycles. The Morgan fingerprint density at radius 2 is 1.29 bits per heavy atom. The van der Waals surface area contributed by atoms with Crippen molar-refractivity contribution in [2.75, 3.05) is 0 Å². The molecule has 2 aliphatic heterocycles. The van der Waals surface area contributed by atoms with Gasteiger partial charge in [0.1, 0.15) is 17.8 Å². The van der Waals surface area contributed by atoms with Crippen LogP contribution < -0.4 is 15.4 Å². The van der Waals surface area contributed by atoms with Gasteiger partial charge in [0.25, 0.3) is 21.7 Å². The molecule has 3 fully saturated rings. The number of aromatic hydroxyl groups is 1. The van der Waals surface area contributed by atoms with Crippen molar-refractivity contribution in [3.8, 4) is 5.75 Å². The molecular formula is C42H57F3N4O8S. The lowest BCUT2D eigenvalue weighted by Crippen LogP contribution is -2.67. The zero-order valence-corrected chi connectivity index (χ0v) is 35.7. The number of benzene rings is 2. The van der Waals surface area contributed by atoms with Crippen LogP contribution in [0.5, 0.6) is 5.75 Å². The van der Waals surface area contributed by atoms with Gasteiger partial charge in [0, 0.05) is 11.6 Å². The van der Waals surface area contributed by atoms with Gasteiger partial charge in [-0.25, -0.2) is 13.1 Å². The van der Waals surface area contributed by atoms with E-state index in [2.05, 4.69) is 15.4 Å². The molecule has 2 aromatic carbocycles. The number of ketones is 1. The summed E-state index contributed by atoms with van der Waals surface area (Å²) in [6.45, 7) is 17.7. The summed E-state index contributed by atoms with van der Waals surface area (Å²) >= 11 is 0. The van der Waals surface area contributed by atoms with E-state index in [1.54, 1.807) is 26.0 Å². The minimum Gasteiger partial charge on any atom is -0.507 e. The number of sulfonamides is 1. The van der Waals surface area contributed by atoms with Crippen LogP contribution in [-0.4, -0.2) is 78.2 Å². The summed E-state index contributed by atoms with van der Waals surface area (Å²) in [5.74, 6) is -6.69. The molecule has 4 N–H and O–H groups in total. The molecule has 1 unspecified atom stereocenters. The van der Waals surface area contributed by atoms with Crippen molar-refractivity contribution in [1.29, 1.82) is 0 Å². The smallest absolute Gasteiger partial charge is 0.452 e. The van der Waals surface area contributed by atoms with Gasteiger partial charge in [0.2, 0.25) is 17.7 Å². The summed E-state index contributed by atoms with van der Waals surface area (Å²) < 4.78 is 68.8. The SMILES string of the molecule is CC(C)C(NC(=O)[C@@H]1C2CCC(CC2)N1C(=O)[C@@H](NC(=O)c1ccc(S(=O)(=O)NC(=O)Cc2cc(C(C)(C)C)c(O)c(C(C)(C)C)c2)cc1)C(C)C)C(=O)C(F)(F)F. The van der Waals surface area contributed by atoms with E-state index in [1.165, 1.54) is 30.9 Å². The normalized spacial score (nSPS) is 19.8. The van der Waals surface area contributed by atoms with E-state index in [-0.39, 0.29) is 28.5 Å². The number of hydrogen-bond acceptors (Lipinski definition) is 8. The van der Waals surface area contributed by atoms with Crippen LogP contribution in [0.1, 0.15) is 122 Å². The highest BCUT2D eigenvalue weighted by atomic mass is 32.2. The molecule has 5 rings (SSSR count). The summed E-state index contributed by atoms with van der Waals surface area (Å²) in [4.78, 5) is 67.8. The van der Waals surface area contributed by atoms with Gasteiger partial charge in [0.05, 0.1) is 17.4 Å². The molecule has 12 nitrogen and oxygen atoms in total. The number of carbonyl (C=O) groups is 5. The van der Waals surface area contributed by atoms with Gasteiger partial charge in [-0.3, -0.25) is 24.0 Å². The van der Waals surface area contributed by atoms with Crippen LogP contribution in [0.2, 0.25) is 0 Å². The lowest BCUT2D eigenvalue weighted by molar-refractivity contribution is -0.175. The quantitative estimate of drug-likeness (QED) is 0.206. The number of phenolic OH excluding ortho intramolecular Hbond substituents is 1. The lowest BCUT2D eigenvalue weighted by atomic mass is 9.73. The number of alkyl halides is 3. The van der Waals surface area contributed by atoms with E-state index in [1.807, 2.05) is 41.5 Å². The van der Waals surface area contributed by atoms with Gasteiger partial charge >= 0.3 is 6.18 Å². The Balaban J connectivity index is 1.50. The van der Waals surface area contributed by atoms with Crippen molar-refractivity contribution in [1.82, 2.24) is 20.3 Å². The highest BCUT2D eigenvalue weighted by Gasteiger charge is 2.51. The Labute approximate surface area is 339 Å². The molecule has 1 aliphatic carbocycles. The second-order valence-electron chi connectivity index (χ2n) is 18.3. The summed E-state index contributed by atoms with van der Waals surface area (Å²) in [5, 5.41) is 16.0. The van der Waals surface area contributed by atoms with Gasteiger partial charge < -0.3 is 20.6 Å². The van der Waals surface area contributed by atoms with Crippen molar-refractivity contribution in [3.63, 3.8) is 0 Å². The molecule has 2 bridgehead atoms. The second-order valence-corrected chi connectivity index (χ2v) is 20.0. The fourth-order valence-electron chi connectivity index (χ4n) is 7.81. The topological polar surface area (TPSA) is 179 Å². The van der Waals surface area contributed by atoms with Crippen LogP contribution >= 0.6 is 0 Å². The molecule has 16 heteroatoms. The Hall–Kier alpha value is -4.47. The number of carbonyl (C=O) groups excluding carboxylic acids is 5. The molecular weight excluding hydrogens is 778 g/mol. The number of rotatable bonds is 12. The van der Waals surface area contributed by atoms with E-state index in [0.717, 1.165) is 12.1 Å². The predicted molar refractivity (Wildman–Crippen MR) is 211 cm³/mol. The largest absolute Gasteiger partial charge is 0.507 e. The first-order valence-corrected chi connectivity index (χ1v) is 21.1. The molecule has 58 heavy (non-hydrogen) atoms. The lowest BCUT2D eigenvalue weighted by Gasteiger charge is -2.51. The van der Waals surface area contributed by atoms with Gasteiger partial charge in [-0.1, -0.05) is 81.4 Å². The number of nitrogens with zero attached hydrogens (tertiary/aromatic N) is 1. The highest BCUT2D eigenvalue weighted by molar-refractivity contribution is 7.90. The van der Waals surface area contributed by atoms with Gasteiger partial charge in [-0.15, -0.1) is 0 Å². The maximum absolute atomic E-state index is 14.2. The summed E-state index contributed by atoms with van der Waals surface area (Å²) in [5.41, 5.74) is 0.819. The molecule has 0 aromatic heterocycles. The van der Waals surface area contributed by atoms with Crippen molar-refractivity contribution >= 4 is 39.4 Å².